The van der Waals surface area contributed by atoms with Gasteiger partial charge in [0, 0.05) is 12.4 Å². The number of pyridine rings is 2. The van der Waals surface area contributed by atoms with Crippen LogP contribution < -0.4 is 15.6 Å². The second-order valence-electron chi connectivity index (χ2n) is 6.24. The van der Waals surface area contributed by atoms with Crippen LogP contribution in [0.25, 0.3) is 11.0 Å². The summed E-state index contributed by atoms with van der Waals surface area (Å²) < 4.78 is 46.1. The largest absolute Gasteiger partial charge is 0.490 e. The molecule has 0 saturated heterocycles. The number of nitrogens with zero attached hydrogens (tertiary/aromatic N) is 2. The van der Waals surface area contributed by atoms with E-state index in [9.17, 15) is 18.0 Å². The molecular weight excluding hydrogens is 383 g/mol. The van der Waals surface area contributed by atoms with Crippen molar-refractivity contribution in [1.29, 1.82) is 0 Å². The first-order valence-electron chi connectivity index (χ1n) is 8.05. The molecule has 9 heteroatoms. The summed E-state index contributed by atoms with van der Waals surface area (Å²) in [5.74, 6) is -0.0259. The molecule has 144 valence electrons. The van der Waals surface area contributed by atoms with E-state index < -0.39 is 28.3 Å². The molecular formula is C18H17ClF3N3O2. The first-order chi connectivity index (χ1) is 12.6. The minimum Gasteiger partial charge on any atom is -0.490 e. The molecule has 0 aliphatic heterocycles. The standard InChI is InChI=1S/C18H17ClF3N3O2/c1-17(19)9-5-4-6-12(17)25-15-10(7-8-11(24-15)18(20,21)22)13(23-2)14(27-3)16(25)26/h4-9,12,23H,1-3H3. The Morgan fingerprint density at radius 2 is 2.04 bits per heavy atom. The fraction of sp³-hybridized carbons (Fsp3) is 0.333. The monoisotopic (exact) mass is 399 g/mol. The highest BCUT2D eigenvalue weighted by molar-refractivity contribution is 6.25. The SMILES string of the molecule is CNc1c(OC)c(=O)n(C2C=CC=CC2(C)Cl)c2nc(C(F)(F)F)ccc12. The molecule has 2 atom stereocenters. The molecule has 0 amide bonds. The molecule has 0 saturated carbocycles. The number of allylic oxidation sites excluding steroid dienone is 4. The molecule has 0 spiro atoms. The number of alkyl halides is 4. The van der Waals surface area contributed by atoms with E-state index >= 15 is 0 Å². The Kier molecular flexibility index (Phi) is 4.71. The number of hydrogen-bond acceptors (Lipinski definition) is 4. The second-order valence-corrected chi connectivity index (χ2v) is 7.05. The van der Waals surface area contributed by atoms with E-state index in [0.717, 1.165) is 10.6 Å². The minimum absolute atomic E-state index is 0.0259. The summed E-state index contributed by atoms with van der Waals surface area (Å²) in [6, 6.07) is 1.38. The Bertz CT molecular complexity index is 1010. The van der Waals surface area contributed by atoms with Crippen molar-refractivity contribution in [2.45, 2.75) is 24.0 Å². The molecule has 0 radical (unpaired) electrons. The first kappa shape index (κ1) is 19.3. The van der Waals surface area contributed by atoms with Gasteiger partial charge in [0.25, 0.3) is 5.56 Å². The summed E-state index contributed by atoms with van der Waals surface area (Å²) in [7, 11) is 2.87. The van der Waals surface area contributed by atoms with Crippen molar-refractivity contribution in [3.63, 3.8) is 0 Å². The summed E-state index contributed by atoms with van der Waals surface area (Å²) in [5.41, 5.74) is -1.58. The zero-order chi connectivity index (χ0) is 20.0. The molecule has 3 rings (SSSR count). The smallest absolute Gasteiger partial charge is 0.433 e. The number of ether oxygens (including phenoxy) is 1. The highest BCUT2D eigenvalue weighted by Crippen LogP contribution is 2.39. The van der Waals surface area contributed by atoms with Gasteiger partial charge in [-0.25, -0.2) is 4.98 Å². The molecule has 2 aromatic heterocycles. The molecule has 2 heterocycles. The van der Waals surface area contributed by atoms with Crippen LogP contribution in [0.15, 0.2) is 41.2 Å². The van der Waals surface area contributed by atoms with Gasteiger partial charge in [0.15, 0.2) is 0 Å². The summed E-state index contributed by atoms with van der Waals surface area (Å²) in [4.78, 5) is 15.8. The van der Waals surface area contributed by atoms with Crippen LogP contribution in [0.5, 0.6) is 5.75 Å². The molecule has 0 fully saturated rings. The molecule has 0 aromatic carbocycles. The molecule has 5 nitrogen and oxygen atoms in total. The van der Waals surface area contributed by atoms with Crippen molar-refractivity contribution < 1.29 is 17.9 Å². The van der Waals surface area contributed by atoms with Gasteiger partial charge in [-0.15, -0.1) is 11.6 Å². The number of halogens is 4. The van der Waals surface area contributed by atoms with Gasteiger partial charge in [-0.2, -0.15) is 13.2 Å². The molecule has 1 aliphatic rings. The highest BCUT2D eigenvalue weighted by atomic mass is 35.5. The fourth-order valence-electron chi connectivity index (χ4n) is 3.15. The van der Waals surface area contributed by atoms with Crippen LogP contribution in [-0.2, 0) is 6.18 Å². The fourth-order valence-corrected chi connectivity index (χ4v) is 3.40. The lowest BCUT2D eigenvalue weighted by Crippen LogP contribution is -2.37. The second kappa shape index (κ2) is 6.60. The molecule has 0 bridgehead atoms. The lowest BCUT2D eigenvalue weighted by molar-refractivity contribution is -0.141. The van der Waals surface area contributed by atoms with E-state index in [1.807, 2.05) is 0 Å². The Morgan fingerprint density at radius 1 is 1.33 bits per heavy atom. The van der Waals surface area contributed by atoms with Crippen LogP contribution in [0, 0.1) is 0 Å². The Balaban J connectivity index is 2.46. The van der Waals surface area contributed by atoms with Crippen molar-refractivity contribution in [1.82, 2.24) is 9.55 Å². The molecule has 1 aliphatic carbocycles. The van der Waals surface area contributed by atoms with Gasteiger partial charge >= 0.3 is 6.18 Å². The van der Waals surface area contributed by atoms with Crippen LogP contribution in [0.4, 0.5) is 18.9 Å². The summed E-state index contributed by atoms with van der Waals surface area (Å²) in [5, 5.41) is 3.13. The minimum atomic E-state index is -4.65. The van der Waals surface area contributed by atoms with Crippen LogP contribution >= 0.6 is 11.6 Å². The molecule has 2 unspecified atom stereocenters. The van der Waals surface area contributed by atoms with Crippen molar-refractivity contribution >= 4 is 28.3 Å². The van der Waals surface area contributed by atoms with Gasteiger partial charge < -0.3 is 10.1 Å². The number of nitrogens with one attached hydrogen (secondary N) is 1. The maximum Gasteiger partial charge on any atom is 0.433 e. The number of methoxy groups -OCH3 is 1. The van der Waals surface area contributed by atoms with Gasteiger partial charge in [0.2, 0.25) is 5.75 Å². The Hall–Kier alpha value is -2.48. The van der Waals surface area contributed by atoms with Gasteiger partial charge in [-0.3, -0.25) is 9.36 Å². The number of hydrogen-bond donors (Lipinski definition) is 1. The summed E-state index contributed by atoms with van der Waals surface area (Å²) in [6.07, 6.45) is 2.06. The lowest BCUT2D eigenvalue weighted by Gasteiger charge is -2.32. The van der Waals surface area contributed by atoms with Crippen molar-refractivity contribution in [3.05, 3.63) is 52.5 Å². The average Bonchev–Trinajstić information content (AvgIpc) is 2.60. The predicted molar refractivity (Wildman–Crippen MR) is 98.7 cm³/mol. The van der Waals surface area contributed by atoms with E-state index in [1.165, 1.54) is 13.2 Å². The topological polar surface area (TPSA) is 56.1 Å². The van der Waals surface area contributed by atoms with E-state index in [-0.39, 0.29) is 17.1 Å². The van der Waals surface area contributed by atoms with Crippen molar-refractivity contribution in [2.24, 2.45) is 0 Å². The van der Waals surface area contributed by atoms with Crippen molar-refractivity contribution in [2.75, 3.05) is 19.5 Å². The van der Waals surface area contributed by atoms with E-state index in [4.69, 9.17) is 16.3 Å². The van der Waals surface area contributed by atoms with Crippen LogP contribution in [-0.4, -0.2) is 28.6 Å². The number of aromatic nitrogens is 2. The lowest BCUT2D eigenvalue weighted by atomic mass is 9.95. The molecule has 1 N–H and O–H groups in total. The third-order valence-electron chi connectivity index (χ3n) is 4.44. The number of fused-ring (bicyclic) bond motifs is 1. The third kappa shape index (κ3) is 3.18. The van der Waals surface area contributed by atoms with Crippen LogP contribution in [0.2, 0.25) is 0 Å². The maximum atomic E-state index is 13.2. The van der Waals surface area contributed by atoms with E-state index in [2.05, 4.69) is 10.3 Å². The Morgan fingerprint density at radius 3 is 2.59 bits per heavy atom. The molecule has 27 heavy (non-hydrogen) atoms. The van der Waals surface area contributed by atoms with Crippen LogP contribution in [0.3, 0.4) is 0 Å². The zero-order valence-corrected chi connectivity index (χ0v) is 15.5. The van der Waals surface area contributed by atoms with Crippen molar-refractivity contribution in [3.8, 4) is 5.75 Å². The quantitative estimate of drug-likeness (QED) is 0.788. The Labute approximate surface area is 158 Å². The number of anilines is 1. The third-order valence-corrected chi connectivity index (χ3v) is 4.79. The van der Waals surface area contributed by atoms with Gasteiger partial charge in [-0.05, 0) is 19.1 Å². The highest BCUT2D eigenvalue weighted by Gasteiger charge is 2.37. The first-order valence-corrected chi connectivity index (χ1v) is 8.42. The number of rotatable bonds is 3. The summed E-state index contributed by atoms with van der Waals surface area (Å²) in [6.45, 7) is 1.67. The summed E-state index contributed by atoms with van der Waals surface area (Å²) >= 11 is 6.54. The van der Waals surface area contributed by atoms with E-state index in [0.29, 0.717) is 5.39 Å². The van der Waals surface area contributed by atoms with Gasteiger partial charge in [0.05, 0.1) is 23.7 Å². The maximum absolute atomic E-state index is 13.2. The zero-order valence-electron chi connectivity index (χ0n) is 14.8. The normalized spacial score (nSPS) is 22.3. The van der Waals surface area contributed by atoms with Crippen LogP contribution in [0.1, 0.15) is 18.7 Å². The predicted octanol–water partition coefficient (Wildman–Crippen LogP) is 4.13. The molecule has 2 aromatic rings. The average molecular weight is 400 g/mol. The van der Waals surface area contributed by atoms with E-state index in [1.54, 1.807) is 38.3 Å². The van der Waals surface area contributed by atoms with Gasteiger partial charge in [0.1, 0.15) is 11.3 Å². The van der Waals surface area contributed by atoms with Gasteiger partial charge in [-0.1, -0.05) is 24.3 Å².